The second-order valence-electron chi connectivity index (χ2n) is 3.81. The average molecular weight is 241 g/mol. The second kappa shape index (κ2) is 4.82. The molecule has 5 heteroatoms. The lowest BCUT2D eigenvalue weighted by Crippen LogP contribution is -2.30. The molecule has 1 heterocycles. The number of rotatable bonds is 2. The molecule has 1 aliphatic rings. The molecule has 1 aromatic carbocycles. The molecule has 2 N–H and O–H groups in total. The van der Waals surface area contributed by atoms with Gasteiger partial charge in [-0.3, -0.25) is 9.63 Å². The zero-order valence-corrected chi connectivity index (χ0v) is 9.48. The number of hydrogen-bond donors (Lipinski definition) is 1. The van der Waals surface area contributed by atoms with Gasteiger partial charge in [0.25, 0.3) is 5.91 Å². The zero-order valence-electron chi connectivity index (χ0n) is 8.73. The summed E-state index contributed by atoms with van der Waals surface area (Å²) in [6, 6.07) is 6.93. The first kappa shape index (κ1) is 11.4. The highest BCUT2D eigenvalue weighted by Crippen LogP contribution is 2.17. The van der Waals surface area contributed by atoms with Gasteiger partial charge in [-0.25, -0.2) is 5.90 Å². The van der Waals surface area contributed by atoms with Crippen LogP contribution in [0.4, 0.5) is 0 Å². The van der Waals surface area contributed by atoms with Crippen LogP contribution in [0.15, 0.2) is 24.3 Å². The fourth-order valence-corrected chi connectivity index (χ4v) is 2.02. The van der Waals surface area contributed by atoms with E-state index in [1.807, 2.05) is 0 Å². The van der Waals surface area contributed by atoms with Gasteiger partial charge < -0.3 is 4.90 Å². The number of halogens is 1. The summed E-state index contributed by atoms with van der Waals surface area (Å²) in [4.78, 5) is 18.5. The monoisotopic (exact) mass is 240 g/mol. The van der Waals surface area contributed by atoms with Crippen LogP contribution in [0.5, 0.6) is 0 Å². The zero-order chi connectivity index (χ0) is 11.5. The highest BCUT2D eigenvalue weighted by molar-refractivity contribution is 6.30. The van der Waals surface area contributed by atoms with Crippen molar-refractivity contribution in [3.63, 3.8) is 0 Å². The smallest absolute Gasteiger partial charge is 0.253 e. The molecule has 1 unspecified atom stereocenters. The normalized spacial score (nSPS) is 20.1. The maximum Gasteiger partial charge on any atom is 0.253 e. The summed E-state index contributed by atoms with van der Waals surface area (Å²) in [7, 11) is 0. The van der Waals surface area contributed by atoms with Crippen LogP contribution in [0.3, 0.4) is 0 Å². The summed E-state index contributed by atoms with van der Waals surface area (Å²) in [5.41, 5.74) is 0.602. The molecular formula is C11H13ClN2O2. The molecule has 0 bridgehead atoms. The maximum absolute atomic E-state index is 12.0. The Balaban J connectivity index is 2.08. The fraction of sp³-hybridized carbons (Fsp3) is 0.364. The third-order valence-electron chi connectivity index (χ3n) is 2.70. The Kier molecular flexibility index (Phi) is 3.43. The van der Waals surface area contributed by atoms with Gasteiger partial charge in [0.05, 0.1) is 6.10 Å². The molecule has 1 aliphatic heterocycles. The molecule has 0 saturated carbocycles. The second-order valence-corrected chi connectivity index (χ2v) is 4.24. The molecular weight excluding hydrogens is 228 g/mol. The van der Waals surface area contributed by atoms with Crippen molar-refractivity contribution in [1.29, 1.82) is 0 Å². The Morgan fingerprint density at radius 2 is 2.38 bits per heavy atom. The molecule has 1 atom stereocenters. The van der Waals surface area contributed by atoms with E-state index in [-0.39, 0.29) is 12.0 Å². The number of hydrogen-bond acceptors (Lipinski definition) is 3. The Morgan fingerprint density at radius 1 is 1.56 bits per heavy atom. The first-order valence-corrected chi connectivity index (χ1v) is 5.49. The lowest BCUT2D eigenvalue weighted by Gasteiger charge is -2.15. The van der Waals surface area contributed by atoms with E-state index in [1.165, 1.54) is 0 Å². The van der Waals surface area contributed by atoms with Gasteiger partial charge in [-0.2, -0.15) is 0 Å². The molecule has 1 amide bonds. The van der Waals surface area contributed by atoms with Gasteiger partial charge in [0.1, 0.15) is 0 Å². The number of carbonyl (C=O) groups is 1. The van der Waals surface area contributed by atoms with Gasteiger partial charge >= 0.3 is 0 Å². The molecule has 0 radical (unpaired) electrons. The van der Waals surface area contributed by atoms with Crippen LogP contribution in [0.1, 0.15) is 16.8 Å². The minimum absolute atomic E-state index is 0.0259. The predicted molar refractivity (Wildman–Crippen MR) is 61.0 cm³/mol. The van der Waals surface area contributed by atoms with Crippen molar-refractivity contribution < 1.29 is 9.63 Å². The van der Waals surface area contributed by atoms with Crippen LogP contribution in [0, 0.1) is 0 Å². The highest BCUT2D eigenvalue weighted by Gasteiger charge is 2.27. The van der Waals surface area contributed by atoms with Crippen LogP contribution in [0.25, 0.3) is 0 Å². The SMILES string of the molecule is NOC1CCN(C(=O)c2cccc(Cl)c2)C1. The van der Waals surface area contributed by atoms with Crippen molar-refractivity contribution in [2.45, 2.75) is 12.5 Å². The van der Waals surface area contributed by atoms with E-state index < -0.39 is 0 Å². The highest BCUT2D eigenvalue weighted by atomic mass is 35.5. The maximum atomic E-state index is 12.0. The molecule has 0 aromatic heterocycles. The molecule has 16 heavy (non-hydrogen) atoms. The first-order chi connectivity index (χ1) is 7.70. The van der Waals surface area contributed by atoms with Gasteiger partial charge in [0, 0.05) is 23.7 Å². The van der Waals surface area contributed by atoms with Crippen molar-refractivity contribution in [3.8, 4) is 0 Å². The summed E-state index contributed by atoms with van der Waals surface area (Å²) < 4.78 is 0. The lowest BCUT2D eigenvalue weighted by molar-refractivity contribution is 0.0537. The summed E-state index contributed by atoms with van der Waals surface area (Å²) in [6.45, 7) is 1.22. The van der Waals surface area contributed by atoms with Crippen LogP contribution < -0.4 is 5.90 Å². The van der Waals surface area contributed by atoms with E-state index in [9.17, 15) is 4.79 Å². The number of nitrogens with zero attached hydrogens (tertiary/aromatic N) is 1. The average Bonchev–Trinajstić information content (AvgIpc) is 2.76. The van der Waals surface area contributed by atoms with Crippen molar-refractivity contribution in [3.05, 3.63) is 34.9 Å². The molecule has 0 spiro atoms. The topological polar surface area (TPSA) is 55.6 Å². The van der Waals surface area contributed by atoms with Crippen molar-refractivity contribution >= 4 is 17.5 Å². The minimum Gasteiger partial charge on any atom is -0.336 e. The standard InChI is InChI=1S/C11H13ClN2O2/c12-9-3-1-2-8(6-9)11(15)14-5-4-10(7-14)16-13/h1-3,6,10H,4-5,7,13H2. The van der Waals surface area contributed by atoms with Gasteiger partial charge in [-0.15, -0.1) is 0 Å². The first-order valence-electron chi connectivity index (χ1n) is 5.11. The third-order valence-corrected chi connectivity index (χ3v) is 2.93. The van der Waals surface area contributed by atoms with Crippen molar-refractivity contribution in [2.24, 2.45) is 5.90 Å². The van der Waals surface area contributed by atoms with E-state index in [0.717, 1.165) is 6.42 Å². The van der Waals surface area contributed by atoms with Gasteiger partial charge in [0.2, 0.25) is 0 Å². The van der Waals surface area contributed by atoms with Crippen LogP contribution in [-0.2, 0) is 4.84 Å². The Morgan fingerprint density at radius 3 is 3.00 bits per heavy atom. The van der Waals surface area contributed by atoms with Gasteiger partial charge in [0.15, 0.2) is 0 Å². The number of amides is 1. The summed E-state index contributed by atoms with van der Waals surface area (Å²) in [5.74, 6) is 5.07. The largest absolute Gasteiger partial charge is 0.336 e. The third kappa shape index (κ3) is 2.35. The molecule has 0 aliphatic carbocycles. The summed E-state index contributed by atoms with van der Waals surface area (Å²) in [5, 5.41) is 0.566. The molecule has 4 nitrogen and oxygen atoms in total. The molecule has 86 valence electrons. The number of benzene rings is 1. The molecule has 1 aromatic rings. The van der Waals surface area contributed by atoms with E-state index in [2.05, 4.69) is 0 Å². The number of likely N-dealkylation sites (tertiary alicyclic amines) is 1. The quantitative estimate of drug-likeness (QED) is 0.796. The van der Waals surface area contributed by atoms with E-state index >= 15 is 0 Å². The van der Waals surface area contributed by atoms with E-state index in [4.69, 9.17) is 22.3 Å². The van der Waals surface area contributed by atoms with Crippen molar-refractivity contribution in [1.82, 2.24) is 4.90 Å². The Labute approximate surface area is 98.9 Å². The summed E-state index contributed by atoms with van der Waals surface area (Å²) in [6.07, 6.45) is 0.728. The molecule has 1 saturated heterocycles. The predicted octanol–water partition coefficient (Wildman–Crippen LogP) is 1.44. The van der Waals surface area contributed by atoms with Crippen LogP contribution in [0.2, 0.25) is 5.02 Å². The fourth-order valence-electron chi connectivity index (χ4n) is 1.83. The van der Waals surface area contributed by atoms with E-state index in [1.54, 1.807) is 29.2 Å². The number of carbonyl (C=O) groups excluding carboxylic acids is 1. The Hall–Kier alpha value is -1.10. The van der Waals surface area contributed by atoms with Crippen LogP contribution in [-0.4, -0.2) is 30.0 Å². The van der Waals surface area contributed by atoms with Gasteiger partial charge in [-0.1, -0.05) is 17.7 Å². The van der Waals surface area contributed by atoms with Crippen molar-refractivity contribution in [2.75, 3.05) is 13.1 Å². The molecule has 1 fully saturated rings. The number of nitrogens with two attached hydrogens (primary N) is 1. The van der Waals surface area contributed by atoms with Crippen LogP contribution >= 0.6 is 11.6 Å². The van der Waals surface area contributed by atoms with Gasteiger partial charge in [-0.05, 0) is 24.6 Å². The van der Waals surface area contributed by atoms with E-state index in [0.29, 0.717) is 23.7 Å². The minimum atomic E-state index is -0.0527. The lowest BCUT2D eigenvalue weighted by atomic mass is 10.2. The summed E-state index contributed by atoms with van der Waals surface area (Å²) >= 11 is 5.84. The Bertz CT molecular complexity index is 397. The molecule has 2 rings (SSSR count).